The van der Waals surface area contributed by atoms with Crippen LogP contribution < -0.4 is 15.1 Å². The number of nitrogens with one attached hydrogen (secondary N) is 1. The largest absolute Gasteiger partial charge is 0.373 e. The van der Waals surface area contributed by atoms with Gasteiger partial charge in [-0.15, -0.1) is 0 Å². The Balaban J connectivity index is 1.36. The lowest BCUT2D eigenvalue weighted by molar-refractivity contribution is -0.135. The second kappa shape index (κ2) is 9.33. The van der Waals surface area contributed by atoms with Crippen LogP contribution in [0.5, 0.6) is 0 Å². The first-order valence-corrected chi connectivity index (χ1v) is 11.1. The van der Waals surface area contributed by atoms with Gasteiger partial charge in [0.1, 0.15) is 0 Å². The molecule has 2 aliphatic rings. The summed E-state index contributed by atoms with van der Waals surface area (Å²) in [5, 5.41) is 3.10. The SMILES string of the molecule is CN(CCNC(=O)C1CCCCC1C(=O)N1CCc2ccccc21)c1ccccc1. The smallest absolute Gasteiger partial charge is 0.230 e. The van der Waals surface area contributed by atoms with Crippen LogP contribution in [-0.2, 0) is 16.0 Å². The highest BCUT2D eigenvalue weighted by Crippen LogP contribution is 2.35. The Morgan fingerprint density at radius 1 is 1.00 bits per heavy atom. The molecule has 5 heteroatoms. The monoisotopic (exact) mass is 405 g/mol. The van der Waals surface area contributed by atoms with Gasteiger partial charge in [0.15, 0.2) is 0 Å². The van der Waals surface area contributed by atoms with E-state index in [9.17, 15) is 9.59 Å². The van der Waals surface area contributed by atoms with Crippen LogP contribution in [-0.4, -0.2) is 38.5 Å². The van der Waals surface area contributed by atoms with E-state index < -0.39 is 0 Å². The lowest BCUT2D eigenvalue weighted by Gasteiger charge is -2.33. The lowest BCUT2D eigenvalue weighted by atomic mass is 9.77. The molecule has 4 rings (SSSR count). The summed E-state index contributed by atoms with van der Waals surface area (Å²) in [6.45, 7) is 2.04. The van der Waals surface area contributed by atoms with Crippen molar-refractivity contribution in [3.63, 3.8) is 0 Å². The van der Waals surface area contributed by atoms with Crippen LogP contribution in [0.4, 0.5) is 11.4 Å². The van der Waals surface area contributed by atoms with E-state index in [-0.39, 0.29) is 23.7 Å². The van der Waals surface area contributed by atoms with Crippen LogP contribution in [0.1, 0.15) is 31.2 Å². The van der Waals surface area contributed by atoms with Crippen molar-refractivity contribution in [1.29, 1.82) is 0 Å². The Morgan fingerprint density at radius 2 is 1.70 bits per heavy atom. The molecule has 1 aliphatic carbocycles. The van der Waals surface area contributed by atoms with E-state index in [1.54, 1.807) is 0 Å². The highest BCUT2D eigenvalue weighted by atomic mass is 16.2. The number of para-hydroxylation sites is 2. The molecule has 2 aromatic carbocycles. The first-order valence-electron chi connectivity index (χ1n) is 11.1. The van der Waals surface area contributed by atoms with Crippen molar-refractivity contribution in [3.05, 3.63) is 60.2 Å². The fraction of sp³-hybridized carbons (Fsp3) is 0.440. The maximum absolute atomic E-state index is 13.4. The molecule has 2 atom stereocenters. The molecular formula is C25H31N3O2. The Labute approximate surface area is 179 Å². The molecule has 2 amide bonds. The van der Waals surface area contributed by atoms with Crippen LogP contribution in [0.25, 0.3) is 0 Å². The molecule has 1 fully saturated rings. The Kier molecular flexibility index (Phi) is 6.36. The first kappa shape index (κ1) is 20.5. The van der Waals surface area contributed by atoms with E-state index in [0.29, 0.717) is 6.54 Å². The van der Waals surface area contributed by atoms with Crippen LogP contribution in [0.15, 0.2) is 54.6 Å². The topological polar surface area (TPSA) is 52.7 Å². The lowest BCUT2D eigenvalue weighted by Crippen LogP contribution is -2.46. The van der Waals surface area contributed by atoms with Gasteiger partial charge in [0.25, 0.3) is 0 Å². The second-order valence-corrected chi connectivity index (χ2v) is 8.41. The van der Waals surface area contributed by atoms with Crippen molar-refractivity contribution in [1.82, 2.24) is 5.32 Å². The average molecular weight is 406 g/mol. The standard InChI is InChI=1S/C25H31N3O2/c1-27(20-10-3-2-4-11-20)18-16-26-24(29)21-12-6-7-13-22(21)25(30)28-17-15-19-9-5-8-14-23(19)28/h2-5,8-11,14,21-22H,6-7,12-13,15-18H2,1H3,(H,26,29). The molecule has 1 heterocycles. The highest BCUT2D eigenvalue weighted by Gasteiger charge is 2.39. The van der Waals surface area contributed by atoms with Crippen LogP contribution >= 0.6 is 0 Å². The first-order chi connectivity index (χ1) is 14.6. The van der Waals surface area contributed by atoms with E-state index in [2.05, 4.69) is 28.4 Å². The van der Waals surface area contributed by atoms with E-state index in [1.165, 1.54) is 5.56 Å². The molecule has 1 saturated carbocycles. The quantitative estimate of drug-likeness (QED) is 0.798. The van der Waals surface area contributed by atoms with E-state index in [4.69, 9.17) is 0 Å². The number of rotatable bonds is 6. The number of likely N-dealkylation sites (N-methyl/N-ethyl adjacent to an activating group) is 1. The molecule has 0 aromatic heterocycles. The number of benzene rings is 2. The second-order valence-electron chi connectivity index (χ2n) is 8.41. The van der Waals surface area contributed by atoms with Crippen molar-refractivity contribution in [2.24, 2.45) is 11.8 Å². The molecule has 30 heavy (non-hydrogen) atoms. The molecule has 158 valence electrons. The summed E-state index contributed by atoms with van der Waals surface area (Å²) < 4.78 is 0. The molecule has 1 aliphatic heterocycles. The van der Waals surface area contributed by atoms with Crippen molar-refractivity contribution < 1.29 is 9.59 Å². The predicted molar refractivity (Wildman–Crippen MR) is 121 cm³/mol. The zero-order chi connectivity index (χ0) is 20.9. The molecule has 1 N–H and O–H groups in total. The highest BCUT2D eigenvalue weighted by molar-refractivity contribution is 5.99. The maximum atomic E-state index is 13.4. The van der Waals surface area contributed by atoms with Gasteiger partial charge in [0, 0.05) is 44.0 Å². The fourth-order valence-corrected chi connectivity index (χ4v) is 4.80. The van der Waals surface area contributed by atoms with Gasteiger partial charge in [-0.2, -0.15) is 0 Å². The van der Waals surface area contributed by atoms with Crippen LogP contribution in [0.2, 0.25) is 0 Å². The van der Waals surface area contributed by atoms with Gasteiger partial charge < -0.3 is 15.1 Å². The van der Waals surface area contributed by atoms with E-state index >= 15 is 0 Å². The number of carbonyl (C=O) groups is 2. The summed E-state index contributed by atoms with van der Waals surface area (Å²) in [5.74, 6) is -0.277. The zero-order valence-electron chi connectivity index (χ0n) is 17.7. The molecule has 0 radical (unpaired) electrons. The number of anilines is 2. The summed E-state index contributed by atoms with van der Waals surface area (Å²) >= 11 is 0. The summed E-state index contributed by atoms with van der Waals surface area (Å²) in [5.41, 5.74) is 3.38. The van der Waals surface area contributed by atoms with Crippen molar-refractivity contribution in [2.75, 3.05) is 36.5 Å². The summed E-state index contributed by atoms with van der Waals surface area (Å²) in [6.07, 6.45) is 4.54. The minimum Gasteiger partial charge on any atom is -0.373 e. The van der Waals surface area contributed by atoms with Gasteiger partial charge in [0.2, 0.25) is 11.8 Å². The third-order valence-corrected chi connectivity index (χ3v) is 6.52. The van der Waals surface area contributed by atoms with E-state index in [1.807, 2.05) is 48.3 Å². The van der Waals surface area contributed by atoms with Gasteiger partial charge in [0.05, 0.1) is 5.92 Å². The van der Waals surface area contributed by atoms with Crippen molar-refractivity contribution in [3.8, 4) is 0 Å². The van der Waals surface area contributed by atoms with Crippen molar-refractivity contribution >= 4 is 23.2 Å². The molecule has 2 unspecified atom stereocenters. The summed E-state index contributed by atoms with van der Waals surface area (Å²) in [6, 6.07) is 18.3. The van der Waals surface area contributed by atoms with Gasteiger partial charge in [-0.1, -0.05) is 49.2 Å². The number of carbonyl (C=O) groups excluding carboxylic acids is 2. The molecule has 0 bridgehead atoms. The van der Waals surface area contributed by atoms with Gasteiger partial charge in [-0.25, -0.2) is 0 Å². The van der Waals surface area contributed by atoms with Gasteiger partial charge >= 0.3 is 0 Å². The summed E-state index contributed by atoms with van der Waals surface area (Å²) in [7, 11) is 2.03. The zero-order valence-corrected chi connectivity index (χ0v) is 17.7. The molecule has 5 nitrogen and oxygen atoms in total. The van der Waals surface area contributed by atoms with E-state index in [0.717, 1.165) is 56.6 Å². The molecule has 0 saturated heterocycles. The minimum atomic E-state index is -0.221. The Bertz CT molecular complexity index is 883. The number of hydrogen-bond acceptors (Lipinski definition) is 3. The number of amides is 2. The molecule has 0 spiro atoms. The van der Waals surface area contributed by atoms with Crippen molar-refractivity contribution in [2.45, 2.75) is 32.1 Å². The minimum absolute atomic E-state index is 0.0296. The summed E-state index contributed by atoms with van der Waals surface area (Å²) in [4.78, 5) is 30.4. The number of hydrogen-bond donors (Lipinski definition) is 1. The normalized spacial score (nSPS) is 20.5. The van der Waals surface area contributed by atoms with Gasteiger partial charge in [-0.05, 0) is 43.0 Å². The third-order valence-electron chi connectivity index (χ3n) is 6.52. The Morgan fingerprint density at radius 3 is 2.50 bits per heavy atom. The average Bonchev–Trinajstić information content (AvgIpc) is 3.23. The Hall–Kier alpha value is -2.82. The molecular weight excluding hydrogens is 374 g/mol. The van der Waals surface area contributed by atoms with Crippen LogP contribution in [0, 0.1) is 11.8 Å². The third kappa shape index (κ3) is 4.35. The fourth-order valence-electron chi connectivity index (χ4n) is 4.80. The van der Waals surface area contributed by atoms with Crippen LogP contribution in [0.3, 0.4) is 0 Å². The molecule has 2 aromatic rings. The maximum Gasteiger partial charge on any atom is 0.230 e. The van der Waals surface area contributed by atoms with Gasteiger partial charge in [-0.3, -0.25) is 9.59 Å². The number of nitrogens with zero attached hydrogens (tertiary/aromatic N) is 2. The number of fused-ring (bicyclic) bond motifs is 1. The predicted octanol–water partition coefficient (Wildman–Crippen LogP) is 3.63.